The van der Waals surface area contributed by atoms with Crippen molar-refractivity contribution in [3.05, 3.63) is 23.8 Å². The Labute approximate surface area is 129 Å². The van der Waals surface area contributed by atoms with Gasteiger partial charge in [0.2, 0.25) is 6.29 Å². The van der Waals surface area contributed by atoms with Gasteiger partial charge in [-0.05, 0) is 12.8 Å². The number of carbonyl (C=O) groups is 1. The zero-order valence-electron chi connectivity index (χ0n) is 13.4. The Morgan fingerprint density at radius 1 is 1.05 bits per heavy atom. The van der Waals surface area contributed by atoms with Gasteiger partial charge in [-0.2, -0.15) is 0 Å². The second kappa shape index (κ2) is 11.6. The van der Waals surface area contributed by atoms with E-state index in [0.29, 0.717) is 5.57 Å². The van der Waals surface area contributed by atoms with Crippen LogP contribution >= 0.6 is 0 Å². The van der Waals surface area contributed by atoms with E-state index < -0.39 is 12.3 Å². The molecular formula is C18H30O3. The van der Waals surface area contributed by atoms with E-state index in [2.05, 4.69) is 11.7 Å². The van der Waals surface area contributed by atoms with Crippen LogP contribution < -0.4 is 0 Å². The summed E-state index contributed by atoms with van der Waals surface area (Å²) in [6, 6.07) is 0. The first-order chi connectivity index (χ1) is 10.2. The van der Waals surface area contributed by atoms with E-state index >= 15 is 0 Å². The Bertz CT molecular complexity index is 344. The fourth-order valence-electron chi connectivity index (χ4n) is 2.52. The highest BCUT2D eigenvalue weighted by molar-refractivity contribution is 5.86. The number of unbranched alkanes of at least 4 members (excludes halogenated alkanes) is 10. The van der Waals surface area contributed by atoms with Crippen molar-refractivity contribution < 1.29 is 14.6 Å². The normalized spacial score (nSPS) is 18.3. The molecule has 0 spiro atoms. The van der Waals surface area contributed by atoms with Crippen LogP contribution in [0.5, 0.6) is 0 Å². The second-order valence-corrected chi connectivity index (χ2v) is 5.81. The molecule has 1 aliphatic rings. The Morgan fingerprint density at radius 3 is 2.14 bits per heavy atom. The van der Waals surface area contributed by atoms with E-state index in [1.54, 1.807) is 6.08 Å². The number of carbonyl (C=O) groups excluding carboxylic acids is 1. The first-order valence-electron chi connectivity index (χ1n) is 8.51. The average molecular weight is 294 g/mol. The minimum Gasteiger partial charge on any atom is -0.428 e. The molecule has 3 nitrogen and oxygen atoms in total. The predicted octanol–water partition coefficient (Wildman–Crippen LogP) is 4.66. The molecule has 0 aromatic carbocycles. The van der Waals surface area contributed by atoms with Gasteiger partial charge in [-0.3, -0.25) is 0 Å². The Morgan fingerprint density at radius 2 is 1.62 bits per heavy atom. The summed E-state index contributed by atoms with van der Waals surface area (Å²) in [5, 5.41) is 9.37. The molecular weight excluding hydrogens is 264 g/mol. The van der Waals surface area contributed by atoms with Crippen molar-refractivity contribution in [2.24, 2.45) is 0 Å². The molecule has 3 heteroatoms. The molecule has 0 aromatic heterocycles. The van der Waals surface area contributed by atoms with Crippen molar-refractivity contribution in [1.29, 1.82) is 0 Å². The maximum atomic E-state index is 10.9. The van der Waals surface area contributed by atoms with Crippen LogP contribution in [0.3, 0.4) is 0 Å². The number of aliphatic hydroxyl groups excluding tert-OH is 1. The lowest BCUT2D eigenvalue weighted by atomic mass is 10.1. The zero-order valence-corrected chi connectivity index (χ0v) is 13.4. The van der Waals surface area contributed by atoms with Crippen LogP contribution in [0.2, 0.25) is 0 Å². The zero-order chi connectivity index (χ0) is 15.3. The minimum absolute atomic E-state index is 0.457. The number of aliphatic hydroxyl groups is 1. The first-order valence-corrected chi connectivity index (χ1v) is 8.51. The maximum absolute atomic E-state index is 10.9. The molecule has 1 aliphatic heterocycles. The monoisotopic (exact) mass is 294 g/mol. The fraction of sp³-hybridized carbons (Fsp3) is 0.722. The lowest BCUT2D eigenvalue weighted by Crippen LogP contribution is -2.08. The smallest absolute Gasteiger partial charge is 0.333 e. The molecule has 1 rings (SSSR count). The summed E-state index contributed by atoms with van der Waals surface area (Å²) in [6.45, 7) is 2.25. The van der Waals surface area contributed by atoms with Gasteiger partial charge < -0.3 is 9.84 Å². The van der Waals surface area contributed by atoms with Crippen molar-refractivity contribution in [3.8, 4) is 0 Å². The molecule has 21 heavy (non-hydrogen) atoms. The van der Waals surface area contributed by atoms with E-state index in [-0.39, 0.29) is 0 Å². The number of cyclic esters (lactones) is 1. The van der Waals surface area contributed by atoms with Gasteiger partial charge in [0.05, 0.1) is 0 Å². The second-order valence-electron chi connectivity index (χ2n) is 5.81. The van der Waals surface area contributed by atoms with Crippen LogP contribution in [0.15, 0.2) is 23.8 Å². The average Bonchev–Trinajstić information content (AvgIpc) is 2.78. The quantitative estimate of drug-likeness (QED) is 0.421. The van der Waals surface area contributed by atoms with Gasteiger partial charge in [0.25, 0.3) is 0 Å². The molecule has 1 unspecified atom stereocenters. The van der Waals surface area contributed by atoms with Gasteiger partial charge in [0, 0.05) is 11.6 Å². The Hall–Kier alpha value is -1.09. The summed E-state index contributed by atoms with van der Waals surface area (Å²) in [6.07, 6.45) is 18.4. The molecule has 0 bridgehead atoms. The molecule has 0 fully saturated rings. The van der Waals surface area contributed by atoms with Crippen molar-refractivity contribution in [3.63, 3.8) is 0 Å². The number of allylic oxidation sites excluding steroid dienone is 1. The van der Waals surface area contributed by atoms with Crippen molar-refractivity contribution in [2.75, 3.05) is 0 Å². The van der Waals surface area contributed by atoms with Crippen molar-refractivity contribution in [2.45, 2.75) is 83.8 Å². The number of rotatable bonds is 12. The number of hydrogen-bond donors (Lipinski definition) is 1. The summed E-state index contributed by atoms with van der Waals surface area (Å²) in [5.41, 5.74) is 0.562. The molecule has 120 valence electrons. The van der Waals surface area contributed by atoms with E-state index in [4.69, 9.17) is 0 Å². The Kier molecular flexibility index (Phi) is 9.88. The van der Waals surface area contributed by atoms with Crippen LogP contribution in [0.1, 0.15) is 77.6 Å². The molecule has 1 heterocycles. The molecule has 0 radical (unpaired) electrons. The van der Waals surface area contributed by atoms with Crippen LogP contribution in [0.25, 0.3) is 0 Å². The third-order valence-electron chi connectivity index (χ3n) is 3.83. The Balaban J connectivity index is 1.89. The highest BCUT2D eigenvalue weighted by Crippen LogP contribution is 2.15. The summed E-state index contributed by atoms with van der Waals surface area (Å²) >= 11 is 0. The van der Waals surface area contributed by atoms with Crippen LogP contribution in [0, 0.1) is 0 Å². The number of ether oxygens (including phenoxy) is 1. The molecule has 0 aliphatic carbocycles. The van der Waals surface area contributed by atoms with Crippen molar-refractivity contribution in [1.82, 2.24) is 0 Å². The lowest BCUT2D eigenvalue weighted by Gasteiger charge is -2.02. The summed E-state index contributed by atoms with van der Waals surface area (Å²) in [4.78, 5) is 10.9. The largest absolute Gasteiger partial charge is 0.428 e. The predicted molar refractivity (Wildman–Crippen MR) is 85.8 cm³/mol. The highest BCUT2D eigenvalue weighted by Gasteiger charge is 2.20. The van der Waals surface area contributed by atoms with E-state index in [9.17, 15) is 9.90 Å². The maximum Gasteiger partial charge on any atom is 0.333 e. The standard InChI is InChI=1S/C18H30O3/c1-2-3-4-5-6-7-8-9-10-11-12-13-14-16-15-17(19)21-18(16)20/h13-15,18,20H,2-12H2,1H3. The molecule has 0 saturated heterocycles. The minimum atomic E-state index is -1.07. The number of hydrogen-bond acceptors (Lipinski definition) is 3. The van der Waals surface area contributed by atoms with Gasteiger partial charge in [0.15, 0.2) is 0 Å². The van der Waals surface area contributed by atoms with Gasteiger partial charge in [-0.25, -0.2) is 4.79 Å². The molecule has 0 aromatic rings. The third-order valence-corrected chi connectivity index (χ3v) is 3.83. The van der Waals surface area contributed by atoms with Crippen LogP contribution in [0.4, 0.5) is 0 Å². The first kappa shape index (κ1) is 18.0. The van der Waals surface area contributed by atoms with Gasteiger partial charge >= 0.3 is 5.97 Å². The highest BCUT2D eigenvalue weighted by atomic mass is 16.6. The van der Waals surface area contributed by atoms with E-state index in [0.717, 1.165) is 6.42 Å². The SMILES string of the molecule is CCCCCCCCCCCCC=CC1=CC(=O)OC1O. The van der Waals surface area contributed by atoms with E-state index in [1.165, 1.54) is 70.3 Å². The van der Waals surface area contributed by atoms with E-state index in [1.807, 2.05) is 6.08 Å². The summed E-state index contributed by atoms with van der Waals surface area (Å²) in [5.74, 6) is -0.457. The lowest BCUT2D eigenvalue weighted by molar-refractivity contribution is -0.150. The van der Waals surface area contributed by atoms with Gasteiger partial charge in [-0.15, -0.1) is 0 Å². The van der Waals surface area contributed by atoms with Crippen molar-refractivity contribution >= 4 is 5.97 Å². The fourth-order valence-corrected chi connectivity index (χ4v) is 2.52. The topological polar surface area (TPSA) is 46.5 Å². The summed E-state index contributed by atoms with van der Waals surface area (Å²) < 4.78 is 4.60. The molecule has 0 saturated carbocycles. The molecule has 1 atom stereocenters. The molecule has 0 amide bonds. The van der Waals surface area contributed by atoms with Crippen LogP contribution in [-0.2, 0) is 9.53 Å². The summed E-state index contributed by atoms with van der Waals surface area (Å²) in [7, 11) is 0. The number of esters is 1. The van der Waals surface area contributed by atoms with Gasteiger partial charge in [0.1, 0.15) is 0 Å². The third kappa shape index (κ3) is 8.71. The van der Waals surface area contributed by atoms with Gasteiger partial charge in [-0.1, -0.05) is 76.9 Å². The van der Waals surface area contributed by atoms with Crippen LogP contribution in [-0.4, -0.2) is 17.4 Å². The molecule has 1 N–H and O–H groups in total.